The second-order valence-electron chi connectivity index (χ2n) is 4.60. The number of hydrogen-bond donors (Lipinski definition) is 0. The number of hydrogen-bond acceptors (Lipinski definition) is 0. The molecule has 1 aromatic heterocycles. The van der Waals surface area contributed by atoms with Crippen LogP contribution < -0.4 is 0 Å². The highest BCUT2D eigenvalue weighted by Gasteiger charge is 2.14. The summed E-state index contributed by atoms with van der Waals surface area (Å²) in [5.74, 6) is 0. The van der Waals surface area contributed by atoms with Gasteiger partial charge in [0.05, 0.1) is 10.7 Å². The molecule has 0 unspecified atom stereocenters. The van der Waals surface area contributed by atoms with Gasteiger partial charge in [-0.2, -0.15) is 0 Å². The lowest BCUT2D eigenvalue weighted by Gasteiger charge is -2.05. The van der Waals surface area contributed by atoms with E-state index in [9.17, 15) is 0 Å². The SMILES string of the molecule is Cc1ccc(-c2c(Cl)c3ccccc3n2C)cc1. The Labute approximate surface area is 112 Å². The van der Waals surface area contributed by atoms with Crippen molar-refractivity contribution in [3.8, 4) is 11.3 Å². The molecule has 0 spiro atoms. The molecule has 3 rings (SSSR count). The summed E-state index contributed by atoms with van der Waals surface area (Å²) in [4.78, 5) is 0. The number of aryl methyl sites for hydroxylation is 2. The third kappa shape index (κ3) is 1.63. The molecule has 0 radical (unpaired) electrons. The van der Waals surface area contributed by atoms with Gasteiger partial charge in [-0.05, 0) is 18.6 Å². The van der Waals surface area contributed by atoms with Crippen molar-refractivity contribution in [2.45, 2.75) is 6.92 Å². The van der Waals surface area contributed by atoms with Gasteiger partial charge in [0.1, 0.15) is 0 Å². The van der Waals surface area contributed by atoms with E-state index in [4.69, 9.17) is 11.6 Å². The summed E-state index contributed by atoms with van der Waals surface area (Å²) in [5.41, 5.74) is 4.66. The minimum absolute atomic E-state index is 0.831. The Morgan fingerprint density at radius 3 is 2.28 bits per heavy atom. The maximum atomic E-state index is 6.52. The maximum Gasteiger partial charge on any atom is 0.0742 e. The summed E-state index contributed by atoms with van der Waals surface area (Å²) in [6.07, 6.45) is 0. The summed E-state index contributed by atoms with van der Waals surface area (Å²) >= 11 is 6.52. The van der Waals surface area contributed by atoms with Crippen LogP contribution >= 0.6 is 11.6 Å². The maximum absolute atomic E-state index is 6.52. The topological polar surface area (TPSA) is 4.93 Å². The first-order valence-electron chi connectivity index (χ1n) is 5.98. The van der Waals surface area contributed by atoms with E-state index in [0.717, 1.165) is 27.2 Å². The van der Waals surface area contributed by atoms with Crippen molar-refractivity contribution in [1.29, 1.82) is 0 Å². The van der Waals surface area contributed by atoms with Crippen LogP contribution in [0.5, 0.6) is 0 Å². The van der Waals surface area contributed by atoms with E-state index in [-0.39, 0.29) is 0 Å². The van der Waals surface area contributed by atoms with Gasteiger partial charge in [-0.1, -0.05) is 59.6 Å². The van der Waals surface area contributed by atoms with Crippen LogP contribution in [0.2, 0.25) is 5.02 Å². The Kier molecular flexibility index (Phi) is 2.64. The van der Waals surface area contributed by atoms with Crippen molar-refractivity contribution >= 4 is 22.5 Å². The molecule has 0 fully saturated rings. The summed E-state index contributed by atoms with van der Waals surface area (Å²) in [6, 6.07) is 16.7. The smallest absolute Gasteiger partial charge is 0.0742 e. The van der Waals surface area contributed by atoms with Crippen molar-refractivity contribution in [3.05, 3.63) is 59.1 Å². The number of benzene rings is 2. The van der Waals surface area contributed by atoms with Crippen LogP contribution in [0.25, 0.3) is 22.2 Å². The second kappa shape index (κ2) is 4.18. The van der Waals surface area contributed by atoms with Gasteiger partial charge in [0.15, 0.2) is 0 Å². The predicted octanol–water partition coefficient (Wildman–Crippen LogP) is 4.81. The zero-order chi connectivity index (χ0) is 12.7. The van der Waals surface area contributed by atoms with Crippen molar-refractivity contribution in [2.24, 2.45) is 7.05 Å². The third-order valence-corrected chi connectivity index (χ3v) is 3.75. The fourth-order valence-electron chi connectivity index (χ4n) is 2.38. The van der Waals surface area contributed by atoms with Crippen LogP contribution in [-0.2, 0) is 7.05 Å². The first-order chi connectivity index (χ1) is 8.68. The Morgan fingerprint density at radius 1 is 0.944 bits per heavy atom. The molecule has 2 aromatic carbocycles. The van der Waals surface area contributed by atoms with Gasteiger partial charge in [0.2, 0.25) is 0 Å². The lowest BCUT2D eigenvalue weighted by molar-refractivity contribution is 0.978. The zero-order valence-corrected chi connectivity index (χ0v) is 11.2. The van der Waals surface area contributed by atoms with Gasteiger partial charge in [-0.15, -0.1) is 0 Å². The van der Waals surface area contributed by atoms with Crippen molar-refractivity contribution in [1.82, 2.24) is 4.57 Å². The normalized spacial score (nSPS) is 11.1. The van der Waals surface area contributed by atoms with Gasteiger partial charge in [0, 0.05) is 18.0 Å². The van der Waals surface area contributed by atoms with E-state index in [2.05, 4.69) is 54.9 Å². The number of halogens is 1. The molecule has 1 nitrogen and oxygen atoms in total. The lowest BCUT2D eigenvalue weighted by Crippen LogP contribution is -1.91. The van der Waals surface area contributed by atoms with Crippen LogP contribution in [0.1, 0.15) is 5.56 Å². The molecule has 18 heavy (non-hydrogen) atoms. The fourth-order valence-corrected chi connectivity index (χ4v) is 2.77. The standard InChI is InChI=1S/C16H14ClN/c1-11-7-9-12(10-8-11)16-15(17)13-5-3-4-6-14(13)18(16)2/h3-10H,1-2H3. The van der Waals surface area contributed by atoms with Crippen LogP contribution in [0.3, 0.4) is 0 Å². The molecule has 3 aromatic rings. The number of nitrogens with zero attached hydrogens (tertiary/aromatic N) is 1. The van der Waals surface area contributed by atoms with E-state index >= 15 is 0 Å². The molecule has 0 saturated carbocycles. The monoisotopic (exact) mass is 255 g/mol. The van der Waals surface area contributed by atoms with Gasteiger partial charge in [-0.25, -0.2) is 0 Å². The summed E-state index contributed by atoms with van der Waals surface area (Å²) in [7, 11) is 2.06. The van der Waals surface area contributed by atoms with Crippen LogP contribution in [0.15, 0.2) is 48.5 Å². The Hall–Kier alpha value is -1.73. The largest absolute Gasteiger partial charge is 0.342 e. The van der Waals surface area contributed by atoms with Crippen molar-refractivity contribution in [3.63, 3.8) is 0 Å². The molecule has 0 bridgehead atoms. The molecular weight excluding hydrogens is 242 g/mol. The van der Waals surface area contributed by atoms with Gasteiger partial charge in [-0.3, -0.25) is 0 Å². The van der Waals surface area contributed by atoms with Crippen LogP contribution in [0, 0.1) is 6.92 Å². The molecule has 0 N–H and O–H groups in total. The fraction of sp³-hybridized carbons (Fsp3) is 0.125. The second-order valence-corrected chi connectivity index (χ2v) is 4.98. The summed E-state index contributed by atoms with van der Waals surface area (Å²) < 4.78 is 2.16. The van der Waals surface area contributed by atoms with Crippen LogP contribution in [0.4, 0.5) is 0 Å². The molecule has 0 atom stereocenters. The summed E-state index contributed by atoms with van der Waals surface area (Å²) in [6.45, 7) is 2.09. The highest BCUT2D eigenvalue weighted by molar-refractivity contribution is 6.38. The van der Waals surface area contributed by atoms with E-state index in [1.807, 2.05) is 12.1 Å². The highest BCUT2D eigenvalue weighted by atomic mass is 35.5. The van der Waals surface area contributed by atoms with Gasteiger partial charge in [0.25, 0.3) is 0 Å². The Balaban J connectivity index is 2.32. The van der Waals surface area contributed by atoms with Crippen molar-refractivity contribution < 1.29 is 0 Å². The average molecular weight is 256 g/mol. The summed E-state index contributed by atoms with van der Waals surface area (Å²) in [5, 5.41) is 1.94. The van der Waals surface area contributed by atoms with E-state index < -0.39 is 0 Å². The Bertz CT molecular complexity index is 669. The highest BCUT2D eigenvalue weighted by Crippen LogP contribution is 2.36. The van der Waals surface area contributed by atoms with E-state index in [1.165, 1.54) is 5.56 Å². The van der Waals surface area contributed by atoms with Gasteiger partial charge < -0.3 is 4.57 Å². The third-order valence-electron chi connectivity index (χ3n) is 3.37. The zero-order valence-electron chi connectivity index (χ0n) is 10.4. The average Bonchev–Trinajstić information content (AvgIpc) is 2.64. The van der Waals surface area contributed by atoms with E-state index in [1.54, 1.807) is 0 Å². The van der Waals surface area contributed by atoms with E-state index in [0.29, 0.717) is 0 Å². The number of fused-ring (bicyclic) bond motifs is 1. The van der Waals surface area contributed by atoms with Crippen molar-refractivity contribution in [2.75, 3.05) is 0 Å². The molecule has 90 valence electrons. The lowest BCUT2D eigenvalue weighted by atomic mass is 10.1. The molecule has 0 aliphatic carbocycles. The predicted molar refractivity (Wildman–Crippen MR) is 78.1 cm³/mol. The molecule has 2 heteroatoms. The quantitative estimate of drug-likeness (QED) is 0.588. The molecule has 0 amide bonds. The van der Waals surface area contributed by atoms with Gasteiger partial charge >= 0.3 is 0 Å². The minimum Gasteiger partial charge on any atom is -0.342 e. The number of rotatable bonds is 1. The molecule has 0 aliphatic rings. The number of para-hydroxylation sites is 1. The first kappa shape index (κ1) is 11.4. The first-order valence-corrected chi connectivity index (χ1v) is 6.36. The molecule has 1 heterocycles. The number of aromatic nitrogens is 1. The Morgan fingerprint density at radius 2 is 1.61 bits per heavy atom. The minimum atomic E-state index is 0.831. The molecule has 0 saturated heterocycles. The van der Waals surface area contributed by atoms with Crippen LogP contribution in [-0.4, -0.2) is 4.57 Å². The molecular formula is C16H14ClN. The molecule has 0 aliphatic heterocycles.